The van der Waals surface area contributed by atoms with Gasteiger partial charge < -0.3 is 10.5 Å². The molecular formula is C15H10Cl2N2O. The van der Waals surface area contributed by atoms with Crippen LogP contribution >= 0.6 is 23.2 Å². The van der Waals surface area contributed by atoms with E-state index in [0.717, 1.165) is 10.8 Å². The molecule has 0 spiro atoms. The van der Waals surface area contributed by atoms with Gasteiger partial charge in [-0.15, -0.1) is 0 Å². The number of benzene rings is 2. The van der Waals surface area contributed by atoms with Gasteiger partial charge in [-0.3, -0.25) is 4.98 Å². The maximum absolute atomic E-state index is 6.13. The Kier molecular flexibility index (Phi) is 3.38. The number of hydrogen-bond acceptors (Lipinski definition) is 3. The molecule has 0 aliphatic rings. The highest BCUT2D eigenvalue weighted by molar-refractivity contribution is 6.42. The lowest BCUT2D eigenvalue weighted by molar-refractivity contribution is 0.486. The molecule has 0 aliphatic carbocycles. The van der Waals surface area contributed by atoms with E-state index in [4.69, 9.17) is 33.7 Å². The van der Waals surface area contributed by atoms with Crippen molar-refractivity contribution in [3.05, 3.63) is 58.8 Å². The van der Waals surface area contributed by atoms with Gasteiger partial charge in [-0.2, -0.15) is 0 Å². The summed E-state index contributed by atoms with van der Waals surface area (Å²) >= 11 is 12.1. The van der Waals surface area contributed by atoms with Crippen LogP contribution in [0.1, 0.15) is 0 Å². The van der Waals surface area contributed by atoms with E-state index in [1.165, 1.54) is 0 Å². The number of nitrogens with zero attached hydrogens (tertiary/aromatic N) is 1. The Bertz CT molecular complexity index is 790. The predicted octanol–water partition coefficient (Wildman–Crippen LogP) is 4.92. The fraction of sp³-hybridized carbons (Fsp3) is 0. The number of pyridine rings is 1. The van der Waals surface area contributed by atoms with Gasteiger partial charge in [-0.25, -0.2) is 0 Å². The van der Waals surface area contributed by atoms with Crippen molar-refractivity contribution in [2.24, 2.45) is 0 Å². The van der Waals surface area contributed by atoms with Crippen molar-refractivity contribution in [3.63, 3.8) is 0 Å². The summed E-state index contributed by atoms with van der Waals surface area (Å²) in [6.07, 6.45) is 3.44. The van der Waals surface area contributed by atoms with Gasteiger partial charge in [0, 0.05) is 23.2 Å². The number of hydrogen-bond donors (Lipinski definition) is 1. The smallest absolute Gasteiger partial charge is 0.151 e. The molecule has 1 heterocycles. The predicted molar refractivity (Wildman–Crippen MR) is 82.7 cm³/mol. The number of aromatic nitrogens is 1. The standard InChI is InChI=1S/C15H10Cl2N2O/c16-11-2-1-3-12(14(11)17)20-13-5-4-9-8-19-7-6-10(9)15(13)18/h1-8H,18H2. The van der Waals surface area contributed by atoms with Crippen LogP contribution in [0.25, 0.3) is 10.8 Å². The van der Waals surface area contributed by atoms with Crippen LogP contribution in [0, 0.1) is 0 Å². The molecule has 3 aromatic rings. The van der Waals surface area contributed by atoms with Crippen LogP contribution in [0.4, 0.5) is 5.69 Å². The molecule has 0 unspecified atom stereocenters. The minimum atomic E-state index is 0.364. The maximum atomic E-state index is 6.13. The summed E-state index contributed by atoms with van der Waals surface area (Å²) in [7, 11) is 0. The summed E-state index contributed by atoms with van der Waals surface area (Å²) in [5.74, 6) is 1.01. The van der Waals surface area contributed by atoms with Gasteiger partial charge in [0.2, 0.25) is 0 Å². The Morgan fingerprint density at radius 3 is 2.70 bits per heavy atom. The van der Waals surface area contributed by atoms with E-state index < -0.39 is 0 Å². The summed E-state index contributed by atoms with van der Waals surface area (Å²) < 4.78 is 5.77. The first-order valence-electron chi connectivity index (χ1n) is 5.91. The number of nitrogen functional groups attached to an aromatic ring is 1. The Morgan fingerprint density at radius 2 is 1.85 bits per heavy atom. The minimum Gasteiger partial charge on any atom is -0.454 e. The molecule has 0 fully saturated rings. The Morgan fingerprint density at radius 1 is 1.00 bits per heavy atom. The van der Waals surface area contributed by atoms with Crippen LogP contribution in [0.5, 0.6) is 11.5 Å². The SMILES string of the molecule is Nc1c(Oc2cccc(Cl)c2Cl)ccc2cnccc12. The second-order valence-corrected chi connectivity index (χ2v) is 5.01. The third-order valence-electron chi connectivity index (χ3n) is 2.96. The molecule has 1 aromatic heterocycles. The molecule has 0 bridgehead atoms. The number of anilines is 1. The van der Waals surface area contributed by atoms with E-state index in [0.29, 0.717) is 27.2 Å². The van der Waals surface area contributed by atoms with E-state index in [1.807, 2.05) is 12.1 Å². The summed E-state index contributed by atoms with van der Waals surface area (Å²) in [6, 6.07) is 10.7. The molecule has 0 aliphatic heterocycles. The number of ether oxygens (including phenoxy) is 1. The second-order valence-electron chi connectivity index (χ2n) is 4.23. The monoisotopic (exact) mass is 304 g/mol. The van der Waals surface area contributed by atoms with Gasteiger partial charge >= 0.3 is 0 Å². The number of nitrogens with two attached hydrogens (primary N) is 1. The van der Waals surface area contributed by atoms with E-state index >= 15 is 0 Å². The molecule has 0 saturated carbocycles. The Labute approximate surface area is 125 Å². The van der Waals surface area contributed by atoms with Gasteiger partial charge in [0.05, 0.1) is 10.7 Å². The van der Waals surface area contributed by atoms with E-state index in [9.17, 15) is 0 Å². The Hall–Kier alpha value is -1.97. The lowest BCUT2D eigenvalue weighted by Gasteiger charge is -2.12. The highest BCUT2D eigenvalue weighted by Gasteiger charge is 2.10. The van der Waals surface area contributed by atoms with Crippen LogP contribution < -0.4 is 10.5 Å². The summed E-state index contributed by atoms with van der Waals surface area (Å²) in [5.41, 5.74) is 6.67. The van der Waals surface area contributed by atoms with Crippen molar-refractivity contribution >= 4 is 39.7 Å². The van der Waals surface area contributed by atoms with Crippen LogP contribution in [0.2, 0.25) is 10.0 Å². The number of halogens is 2. The molecular weight excluding hydrogens is 295 g/mol. The first-order valence-corrected chi connectivity index (χ1v) is 6.66. The molecule has 2 N–H and O–H groups in total. The topological polar surface area (TPSA) is 48.1 Å². The van der Waals surface area contributed by atoms with Crippen molar-refractivity contribution in [1.29, 1.82) is 0 Å². The molecule has 0 radical (unpaired) electrons. The molecule has 20 heavy (non-hydrogen) atoms. The highest BCUT2D eigenvalue weighted by Crippen LogP contribution is 2.38. The third-order valence-corrected chi connectivity index (χ3v) is 3.76. The van der Waals surface area contributed by atoms with Crippen LogP contribution in [0.15, 0.2) is 48.8 Å². The lowest BCUT2D eigenvalue weighted by atomic mass is 10.1. The van der Waals surface area contributed by atoms with E-state index in [2.05, 4.69) is 4.98 Å². The fourth-order valence-electron chi connectivity index (χ4n) is 1.94. The van der Waals surface area contributed by atoms with Crippen molar-refractivity contribution in [3.8, 4) is 11.5 Å². The zero-order valence-electron chi connectivity index (χ0n) is 10.3. The van der Waals surface area contributed by atoms with Crippen molar-refractivity contribution < 1.29 is 4.74 Å². The molecule has 0 amide bonds. The van der Waals surface area contributed by atoms with Gasteiger partial charge in [0.15, 0.2) is 5.75 Å². The zero-order valence-corrected chi connectivity index (χ0v) is 11.8. The van der Waals surface area contributed by atoms with Crippen molar-refractivity contribution in [2.45, 2.75) is 0 Å². The normalized spacial score (nSPS) is 10.7. The molecule has 5 heteroatoms. The number of fused-ring (bicyclic) bond motifs is 1. The summed E-state index contributed by atoms with van der Waals surface area (Å²) in [4.78, 5) is 4.06. The Balaban J connectivity index is 2.07. The molecule has 0 saturated heterocycles. The van der Waals surface area contributed by atoms with Crippen molar-refractivity contribution in [2.75, 3.05) is 5.73 Å². The van der Waals surface area contributed by atoms with E-state index in [-0.39, 0.29) is 0 Å². The van der Waals surface area contributed by atoms with Gasteiger partial charge in [-0.1, -0.05) is 29.3 Å². The fourth-order valence-corrected chi connectivity index (χ4v) is 2.27. The largest absolute Gasteiger partial charge is 0.454 e. The van der Waals surface area contributed by atoms with Gasteiger partial charge in [-0.05, 0) is 30.3 Å². The third kappa shape index (κ3) is 2.26. The molecule has 100 valence electrons. The van der Waals surface area contributed by atoms with Gasteiger partial charge in [0.25, 0.3) is 0 Å². The van der Waals surface area contributed by atoms with Crippen molar-refractivity contribution in [1.82, 2.24) is 4.98 Å². The van der Waals surface area contributed by atoms with Crippen LogP contribution in [-0.2, 0) is 0 Å². The number of rotatable bonds is 2. The maximum Gasteiger partial charge on any atom is 0.151 e. The van der Waals surface area contributed by atoms with Crippen LogP contribution in [0.3, 0.4) is 0 Å². The molecule has 2 aromatic carbocycles. The van der Waals surface area contributed by atoms with Crippen LogP contribution in [-0.4, -0.2) is 4.98 Å². The molecule has 3 rings (SSSR count). The molecule has 0 atom stereocenters. The van der Waals surface area contributed by atoms with Gasteiger partial charge in [0.1, 0.15) is 10.8 Å². The average molecular weight is 305 g/mol. The second kappa shape index (κ2) is 5.19. The first kappa shape index (κ1) is 13.0. The first-order chi connectivity index (χ1) is 9.66. The van der Waals surface area contributed by atoms with E-state index in [1.54, 1.807) is 36.7 Å². The zero-order chi connectivity index (χ0) is 14.1. The quantitative estimate of drug-likeness (QED) is 0.684. The highest BCUT2D eigenvalue weighted by atomic mass is 35.5. The lowest BCUT2D eigenvalue weighted by Crippen LogP contribution is -1.94. The summed E-state index contributed by atoms with van der Waals surface area (Å²) in [5, 5.41) is 2.64. The summed E-state index contributed by atoms with van der Waals surface area (Å²) in [6.45, 7) is 0. The minimum absolute atomic E-state index is 0.364. The molecule has 3 nitrogen and oxygen atoms in total. The average Bonchev–Trinajstić information content (AvgIpc) is 2.47.